The lowest BCUT2D eigenvalue weighted by molar-refractivity contribution is 0.283. The van der Waals surface area contributed by atoms with Crippen molar-refractivity contribution in [3.63, 3.8) is 0 Å². The predicted octanol–water partition coefficient (Wildman–Crippen LogP) is 1.28. The number of hydrogen-bond donors (Lipinski definition) is 3. The summed E-state index contributed by atoms with van der Waals surface area (Å²) in [4.78, 5) is 0. The van der Waals surface area contributed by atoms with E-state index in [-0.39, 0.29) is 12.6 Å². The fourth-order valence-corrected chi connectivity index (χ4v) is 2.04. The Hall–Kier alpha value is -0.900. The Kier molecular flexibility index (Phi) is 5.46. The molecule has 0 aliphatic carbocycles. The van der Waals surface area contributed by atoms with E-state index in [0.29, 0.717) is 6.54 Å². The van der Waals surface area contributed by atoms with Gasteiger partial charge < -0.3 is 16.2 Å². The van der Waals surface area contributed by atoms with E-state index in [0.717, 1.165) is 13.0 Å². The molecule has 1 aromatic carbocycles. The molecule has 0 saturated heterocycles. The standard InChI is InChI=1S/C13H22N2O/c1-10-5-3-6-11(2)13(10)12(9-14)15-7-4-8-16/h3,5-6,12,15-16H,4,7-9,14H2,1-2H3. The molecule has 1 aromatic rings. The fraction of sp³-hybridized carbons (Fsp3) is 0.538. The van der Waals surface area contributed by atoms with Gasteiger partial charge in [0.15, 0.2) is 0 Å². The molecule has 0 bridgehead atoms. The number of hydrogen-bond acceptors (Lipinski definition) is 3. The average Bonchev–Trinajstić information content (AvgIpc) is 2.26. The monoisotopic (exact) mass is 222 g/mol. The van der Waals surface area contributed by atoms with Crippen LogP contribution in [0.1, 0.15) is 29.2 Å². The van der Waals surface area contributed by atoms with Crippen LogP contribution in [0.5, 0.6) is 0 Å². The highest BCUT2D eigenvalue weighted by Gasteiger charge is 2.13. The molecular weight excluding hydrogens is 200 g/mol. The van der Waals surface area contributed by atoms with Gasteiger partial charge in [0, 0.05) is 19.2 Å². The first-order valence-corrected chi connectivity index (χ1v) is 5.81. The smallest absolute Gasteiger partial charge is 0.0449 e. The molecule has 0 radical (unpaired) electrons. The number of benzene rings is 1. The Morgan fingerprint density at radius 2 is 1.94 bits per heavy atom. The van der Waals surface area contributed by atoms with Gasteiger partial charge in [-0.1, -0.05) is 18.2 Å². The van der Waals surface area contributed by atoms with Crippen molar-refractivity contribution in [3.05, 3.63) is 34.9 Å². The number of nitrogens with two attached hydrogens (primary N) is 1. The van der Waals surface area contributed by atoms with Crippen LogP contribution in [0.25, 0.3) is 0 Å². The zero-order valence-corrected chi connectivity index (χ0v) is 10.2. The highest BCUT2D eigenvalue weighted by atomic mass is 16.3. The maximum atomic E-state index is 8.76. The lowest BCUT2D eigenvalue weighted by Gasteiger charge is -2.21. The van der Waals surface area contributed by atoms with Gasteiger partial charge in [-0.2, -0.15) is 0 Å². The van der Waals surface area contributed by atoms with E-state index >= 15 is 0 Å². The van der Waals surface area contributed by atoms with E-state index in [9.17, 15) is 0 Å². The van der Waals surface area contributed by atoms with Gasteiger partial charge in [-0.25, -0.2) is 0 Å². The molecule has 0 aromatic heterocycles. The van der Waals surface area contributed by atoms with Crippen LogP contribution in [0.2, 0.25) is 0 Å². The SMILES string of the molecule is Cc1cccc(C)c1C(CN)NCCCO. The van der Waals surface area contributed by atoms with Crippen molar-refractivity contribution in [2.45, 2.75) is 26.3 Å². The van der Waals surface area contributed by atoms with Gasteiger partial charge in [0.1, 0.15) is 0 Å². The summed E-state index contributed by atoms with van der Waals surface area (Å²) in [6.07, 6.45) is 0.765. The Morgan fingerprint density at radius 1 is 1.31 bits per heavy atom. The van der Waals surface area contributed by atoms with Crippen molar-refractivity contribution in [1.29, 1.82) is 0 Å². The molecule has 3 nitrogen and oxygen atoms in total. The van der Waals surface area contributed by atoms with Gasteiger partial charge in [0.25, 0.3) is 0 Å². The largest absolute Gasteiger partial charge is 0.396 e. The number of nitrogens with one attached hydrogen (secondary N) is 1. The van der Waals surface area contributed by atoms with Crippen LogP contribution in [0, 0.1) is 13.8 Å². The van der Waals surface area contributed by atoms with E-state index < -0.39 is 0 Å². The molecule has 3 heteroatoms. The number of aryl methyl sites for hydroxylation is 2. The van der Waals surface area contributed by atoms with E-state index in [1.807, 2.05) is 0 Å². The third kappa shape index (κ3) is 3.30. The summed E-state index contributed by atoms with van der Waals surface area (Å²) >= 11 is 0. The molecule has 0 fully saturated rings. The van der Waals surface area contributed by atoms with E-state index in [4.69, 9.17) is 10.8 Å². The first-order valence-electron chi connectivity index (χ1n) is 5.81. The van der Waals surface area contributed by atoms with Crippen molar-refractivity contribution >= 4 is 0 Å². The normalized spacial score (nSPS) is 12.8. The Labute approximate surface area is 97.7 Å². The predicted molar refractivity (Wildman–Crippen MR) is 67.4 cm³/mol. The minimum Gasteiger partial charge on any atom is -0.396 e. The van der Waals surface area contributed by atoms with Gasteiger partial charge in [-0.15, -0.1) is 0 Å². The molecule has 0 heterocycles. The van der Waals surface area contributed by atoms with E-state index in [2.05, 4.69) is 37.4 Å². The average molecular weight is 222 g/mol. The van der Waals surface area contributed by atoms with Crippen LogP contribution >= 0.6 is 0 Å². The van der Waals surface area contributed by atoms with E-state index in [1.54, 1.807) is 0 Å². The highest BCUT2D eigenvalue weighted by Crippen LogP contribution is 2.20. The molecule has 4 N–H and O–H groups in total. The lowest BCUT2D eigenvalue weighted by Crippen LogP contribution is -2.30. The minimum atomic E-state index is 0.188. The fourth-order valence-electron chi connectivity index (χ4n) is 2.04. The molecule has 1 rings (SSSR count). The molecule has 90 valence electrons. The van der Waals surface area contributed by atoms with Gasteiger partial charge in [0.2, 0.25) is 0 Å². The van der Waals surface area contributed by atoms with Crippen molar-refractivity contribution in [2.75, 3.05) is 19.7 Å². The zero-order valence-electron chi connectivity index (χ0n) is 10.2. The summed E-state index contributed by atoms with van der Waals surface area (Å²) in [6, 6.07) is 6.47. The molecular formula is C13H22N2O. The Morgan fingerprint density at radius 3 is 2.44 bits per heavy atom. The molecule has 0 spiro atoms. The maximum absolute atomic E-state index is 8.76. The van der Waals surface area contributed by atoms with Crippen LogP contribution in [-0.2, 0) is 0 Å². The third-order valence-electron chi connectivity index (χ3n) is 2.85. The second-order valence-electron chi connectivity index (χ2n) is 4.13. The van der Waals surface area contributed by atoms with Crippen molar-refractivity contribution < 1.29 is 5.11 Å². The van der Waals surface area contributed by atoms with Crippen LogP contribution < -0.4 is 11.1 Å². The molecule has 0 saturated carbocycles. The summed E-state index contributed by atoms with van der Waals surface area (Å²) in [5, 5.41) is 12.1. The highest BCUT2D eigenvalue weighted by molar-refractivity contribution is 5.36. The first-order chi connectivity index (χ1) is 7.70. The van der Waals surface area contributed by atoms with Crippen LogP contribution in [0.3, 0.4) is 0 Å². The number of aliphatic hydroxyl groups excluding tert-OH is 1. The lowest BCUT2D eigenvalue weighted by atomic mass is 9.96. The Bertz CT molecular complexity index is 305. The second-order valence-corrected chi connectivity index (χ2v) is 4.13. The number of aliphatic hydroxyl groups is 1. The van der Waals surface area contributed by atoms with Gasteiger partial charge >= 0.3 is 0 Å². The van der Waals surface area contributed by atoms with Crippen molar-refractivity contribution in [2.24, 2.45) is 5.73 Å². The molecule has 1 unspecified atom stereocenters. The minimum absolute atomic E-state index is 0.188. The zero-order chi connectivity index (χ0) is 12.0. The summed E-state index contributed by atoms with van der Waals surface area (Å²) in [7, 11) is 0. The summed E-state index contributed by atoms with van der Waals surface area (Å²) in [5.41, 5.74) is 9.63. The second kappa shape index (κ2) is 6.63. The molecule has 0 amide bonds. The number of rotatable bonds is 6. The molecule has 1 atom stereocenters. The Balaban J connectivity index is 2.78. The molecule has 0 aliphatic heterocycles. The third-order valence-corrected chi connectivity index (χ3v) is 2.85. The van der Waals surface area contributed by atoms with Crippen molar-refractivity contribution in [1.82, 2.24) is 5.32 Å². The summed E-state index contributed by atoms with van der Waals surface area (Å²) in [5.74, 6) is 0. The van der Waals surface area contributed by atoms with Gasteiger partial charge in [-0.3, -0.25) is 0 Å². The first kappa shape index (κ1) is 13.2. The van der Waals surface area contributed by atoms with Gasteiger partial charge in [0.05, 0.1) is 0 Å². The summed E-state index contributed by atoms with van der Waals surface area (Å²) < 4.78 is 0. The van der Waals surface area contributed by atoms with Crippen LogP contribution in [0.4, 0.5) is 0 Å². The molecule has 16 heavy (non-hydrogen) atoms. The van der Waals surface area contributed by atoms with E-state index in [1.165, 1.54) is 16.7 Å². The summed E-state index contributed by atoms with van der Waals surface area (Å²) in [6.45, 7) is 5.82. The topological polar surface area (TPSA) is 58.3 Å². The quantitative estimate of drug-likeness (QED) is 0.635. The van der Waals surface area contributed by atoms with Crippen LogP contribution in [0.15, 0.2) is 18.2 Å². The van der Waals surface area contributed by atoms with Gasteiger partial charge in [-0.05, 0) is 43.5 Å². The maximum Gasteiger partial charge on any atom is 0.0449 e. The van der Waals surface area contributed by atoms with Crippen LogP contribution in [-0.4, -0.2) is 24.8 Å². The van der Waals surface area contributed by atoms with Crippen molar-refractivity contribution in [3.8, 4) is 0 Å². The molecule has 0 aliphatic rings.